The molecule has 106 valence electrons. The van der Waals surface area contributed by atoms with E-state index in [9.17, 15) is 8.42 Å². The van der Waals surface area contributed by atoms with E-state index in [0.717, 1.165) is 18.5 Å². The Labute approximate surface area is 115 Å². The lowest BCUT2D eigenvalue weighted by Gasteiger charge is -2.25. The summed E-state index contributed by atoms with van der Waals surface area (Å²) in [5, 5.41) is 3.36. The standard InChI is InChI=1S/C14H22N2O2S/c1-14(8-10-19(17,18)11-14)16-9-7-13(15)12-5-3-2-4-6-12/h2-6,13,16H,7-11,15H2,1H3. The van der Waals surface area contributed by atoms with Crippen LogP contribution in [0.25, 0.3) is 0 Å². The predicted molar refractivity (Wildman–Crippen MR) is 77.7 cm³/mol. The molecule has 1 aromatic carbocycles. The van der Waals surface area contributed by atoms with Gasteiger partial charge in [-0.2, -0.15) is 0 Å². The first-order chi connectivity index (χ1) is 8.90. The molecule has 19 heavy (non-hydrogen) atoms. The van der Waals surface area contributed by atoms with Crippen LogP contribution in [0.2, 0.25) is 0 Å². The molecule has 0 spiro atoms. The molecule has 0 radical (unpaired) electrons. The quantitative estimate of drug-likeness (QED) is 0.852. The van der Waals surface area contributed by atoms with Crippen LogP contribution in [0.1, 0.15) is 31.4 Å². The van der Waals surface area contributed by atoms with Crippen molar-refractivity contribution in [1.29, 1.82) is 0 Å². The number of rotatable bonds is 5. The molecule has 0 amide bonds. The highest BCUT2D eigenvalue weighted by Gasteiger charge is 2.37. The zero-order valence-corrected chi connectivity index (χ0v) is 12.1. The van der Waals surface area contributed by atoms with E-state index in [2.05, 4.69) is 5.32 Å². The molecule has 1 saturated heterocycles. The number of nitrogens with two attached hydrogens (primary N) is 1. The molecule has 2 atom stereocenters. The highest BCUT2D eigenvalue weighted by molar-refractivity contribution is 7.91. The third-order valence-corrected chi connectivity index (χ3v) is 5.64. The Hall–Kier alpha value is -0.910. The van der Waals surface area contributed by atoms with Gasteiger partial charge in [0.15, 0.2) is 9.84 Å². The van der Waals surface area contributed by atoms with Crippen molar-refractivity contribution in [3.05, 3.63) is 35.9 Å². The van der Waals surface area contributed by atoms with Crippen LogP contribution in [0, 0.1) is 0 Å². The van der Waals surface area contributed by atoms with Gasteiger partial charge >= 0.3 is 0 Å². The van der Waals surface area contributed by atoms with Crippen molar-refractivity contribution in [1.82, 2.24) is 5.32 Å². The first-order valence-electron chi connectivity index (χ1n) is 6.66. The van der Waals surface area contributed by atoms with Gasteiger partial charge in [0.1, 0.15) is 0 Å². The van der Waals surface area contributed by atoms with Crippen LogP contribution in [0.5, 0.6) is 0 Å². The molecule has 1 aliphatic rings. The van der Waals surface area contributed by atoms with Crippen molar-refractivity contribution in [3.63, 3.8) is 0 Å². The zero-order valence-electron chi connectivity index (χ0n) is 11.3. The number of nitrogens with one attached hydrogen (secondary N) is 1. The molecule has 0 aromatic heterocycles. The topological polar surface area (TPSA) is 72.2 Å². The molecule has 1 aromatic rings. The van der Waals surface area contributed by atoms with E-state index < -0.39 is 9.84 Å². The molecule has 0 bridgehead atoms. The minimum atomic E-state index is -2.85. The van der Waals surface area contributed by atoms with E-state index in [0.29, 0.717) is 12.2 Å². The van der Waals surface area contributed by atoms with Crippen LogP contribution in [0.15, 0.2) is 30.3 Å². The summed E-state index contributed by atoms with van der Waals surface area (Å²) < 4.78 is 23.0. The van der Waals surface area contributed by atoms with Crippen molar-refractivity contribution in [2.45, 2.75) is 31.3 Å². The third-order valence-electron chi connectivity index (χ3n) is 3.74. The van der Waals surface area contributed by atoms with Crippen molar-refractivity contribution >= 4 is 9.84 Å². The number of sulfone groups is 1. The van der Waals surface area contributed by atoms with Crippen LogP contribution in [-0.2, 0) is 9.84 Å². The van der Waals surface area contributed by atoms with Crippen LogP contribution in [-0.4, -0.2) is 32.0 Å². The molecule has 1 aliphatic heterocycles. The maximum absolute atomic E-state index is 11.5. The maximum atomic E-state index is 11.5. The van der Waals surface area contributed by atoms with E-state index in [-0.39, 0.29) is 17.3 Å². The van der Waals surface area contributed by atoms with Gasteiger partial charge in [0, 0.05) is 11.6 Å². The second-order valence-electron chi connectivity index (χ2n) is 5.64. The van der Waals surface area contributed by atoms with Crippen molar-refractivity contribution in [3.8, 4) is 0 Å². The van der Waals surface area contributed by atoms with Crippen LogP contribution in [0.4, 0.5) is 0 Å². The predicted octanol–water partition coefficient (Wildman–Crippen LogP) is 1.24. The second kappa shape index (κ2) is 5.61. The molecule has 0 saturated carbocycles. The second-order valence-corrected chi connectivity index (χ2v) is 7.82. The Morgan fingerprint density at radius 2 is 2.05 bits per heavy atom. The Morgan fingerprint density at radius 3 is 2.63 bits per heavy atom. The summed E-state index contributed by atoms with van der Waals surface area (Å²) in [6.45, 7) is 2.72. The minimum absolute atomic E-state index is 0.00434. The molecule has 1 fully saturated rings. The Morgan fingerprint density at radius 1 is 1.37 bits per heavy atom. The first kappa shape index (κ1) is 14.5. The summed E-state index contributed by atoms with van der Waals surface area (Å²) in [7, 11) is -2.85. The normalized spacial score (nSPS) is 27.3. The molecule has 4 nitrogen and oxygen atoms in total. The van der Waals surface area contributed by atoms with Crippen molar-refractivity contribution in [2.75, 3.05) is 18.1 Å². The van der Waals surface area contributed by atoms with Crippen LogP contribution < -0.4 is 11.1 Å². The monoisotopic (exact) mass is 282 g/mol. The van der Waals surface area contributed by atoms with Gasteiger partial charge in [0.05, 0.1) is 11.5 Å². The van der Waals surface area contributed by atoms with Crippen molar-refractivity contribution < 1.29 is 8.42 Å². The van der Waals surface area contributed by atoms with E-state index in [4.69, 9.17) is 5.73 Å². The Bertz CT molecular complexity index is 516. The molecule has 1 heterocycles. The van der Waals surface area contributed by atoms with Crippen LogP contribution in [0.3, 0.4) is 0 Å². The third kappa shape index (κ3) is 4.03. The number of hydrogen-bond donors (Lipinski definition) is 2. The lowest BCUT2D eigenvalue weighted by atomic mass is 10.0. The molecule has 5 heteroatoms. The largest absolute Gasteiger partial charge is 0.324 e. The van der Waals surface area contributed by atoms with Gasteiger partial charge in [-0.05, 0) is 31.9 Å². The zero-order chi connectivity index (χ0) is 13.9. The van der Waals surface area contributed by atoms with Crippen molar-refractivity contribution in [2.24, 2.45) is 5.73 Å². The molecular formula is C14H22N2O2S. The van der Waals surface area contributed by atoms with Gasteiger partial charge < -0.3 is 11.1 Å². The maximum Gasteiger partial charge on any atom is 0.152 e. The number of benzene rings is 1. The lowest BCUT2D eigenvalue weighted by Crippen LogP contribution is -2.44. The first-order valence-corrected chi connectivity index (χ1v) is 8.48. The summed E-state index contributed by atoms with van der Waals surface area (Å²) in [4.78, 5) is 0. The minimum Gasteiger partial charge on any atom is -0.324 e. The highest BCUT2D eigenvalue weighted by atomic mass is 32.2. The average Bonchev–Trinajstić information content (AvgIpc) is 2.65. The van der Waals surface area contributed by atoms with E-state index in [1.807, 2.05) is 37.3 Å². The summed E-state index contributed by atoms with van der Waals surface area (Å²) in [6.07, 6.45) is 1.50. The molecule has 2 unspecified atom stereocenters. The molecular weight excluding hydrogens is 260 g/mol. The van der Waals surface area contributed by atoms with Gasteiger partial charge in [-0.1, -0.05) is 30.3 Å². The summed E-state index contributed by atoms with van der Waals surface area (Å²) in [5.41, 5.74) is 6.95. The summed E-state index contributed by atoms with van der Waals surface area (Å²) in [6, 6.07) is 9.97. The molecule has 0 aliphatic carbocycles. The lowest BCUT2D eigenvalue weighted by molar-refractivity contribution is 0.386. The highest BCUT2D eigenvalue weighted by Crippen LogP contribution is 2.23. The van der Waals surface area contributed by atoms with Gasteiger partial charge in [0.25, 0.3) is 0 Å². The fourth-order valence-electron chi connectivity index (χ4n) is 2.55. The summed E-state index contributed by atoms with van der Waals surface area (Å²) in [5.74, 6) is 0.530. The van der Waals surface area contributed by atoms with Gasteiger partial charge in [-0.15, -0.1) is 0 Å². The van der Waals surface area contributed by atoms with Crippen LogP contribution >= 0.6 is 0 Å². The molecule has 2 rings (SSSR count). The van der Waals surface area contributed by atoms with Gasteiger partial charge in [0.2, 0.25) is 0 Å². The number of hydrogen-bond acceptors (Lipinski definition) is 4. The van der Waals surface area contributed by atoms with E-state index >= 15 is 0 Å². The van der Waals surface area contributed by atoms with E-state index in [1.54, 1.807) is 0 Å². The van der Waals surface area contributed by atoms with Gasteiger partial charge in [-0.3, -0.25) is 0 Å². The SMILES string of the molecule is CC1(NCCC(N)c2ccccc2)CCS(=O)(=O)C1. The van der Waals surface area contributed by atoms with Gasteiger partial charge in [-0.25, -0.2) is 8.42 Å². The fraction of sp³-hybridized carbons (Fsp3) is 0.571. The molecule has 3 N–H and O–H groups in total. The fourth-order valence-corrected chi connectivity index (χ4v) is 4.67. The summed E-state index contributed by atoms with van der Waals surface area (Å²) >= 11 is 0. The Balaban J connectivity index is 1.81. The smallest absolute Gasteiger partial charge is 0.152 e. The Kier molecular flexibility index (Phi) is 4.28. The average molecular weight is 282 g/mol. The van der Waals surface area contributed by atoms with E-state index in [1.165, 1.54) is 0 Å².